The normalized spacial score (nSPS) is 18.5. The number of hydrogen-bond donors (Lipinski definition) is 1. The molecule has 2 rings (SSSR count). The number of nitrogens with one attached hydrogen (secondary N) is 1. The standard InChI is InChI=1S/C11H10F2N2O2/c1-11(2)9(16)14-10(17)15(11)6-3-4-7(12)8(13)5-6/h3-5H,1-2H3,(H,14,16,17). The fraction of sp³-hybridized carbons (Fsp3) is 0.273. The summed E-state index contributed by atoms with van der Waals surface area (Å²) in [6.45, 7) is 3.04. The molecule has 4 nitrogen and oxygen atoms in total. The van der Waals surface area contributed by atoms with E-state index in [4.69, 9.17) is 0 Å². The van der Waals surface area contributed by atoms with Gasteiger partial charge in [0.15, 0.2) is 11.6 Å². The van der Waals surface area contributed by atoms with Gasteiger partial charge in [-0.1, -0.05) is 0 Å². The molecule has 0 bridgehead atoms. The summed E-state index contributed by atoms with van der Waals surface area (Å²) < 4.78 is 25.9. The number of urea groups is 1. The summed E-state index contributed by atoms with van der Waals surface area (Å²) in [5, 5.41) is 2.12. The van der Waals surface area contributed by atoms with Gasteiger partial charge in [0.1, 0.15) is 5.54 Å². The number of benzene rings is 1. The van der Waals surface area contributed by atoms with Gasteiger partial charge in [-0.05, 0) is 26.0 Å². The lowest BCUT2D eigenvalue weighted by molar-refractivity contribution is -0.122. The van der Waals surface area contributed by atoms with Crippen molar-refractivity contribution in [2.24, 2.45) is 0 Å². The number of imide groups is 1. The number of carbonyl (C=O) groups excluding carboxylic acids is 2. The van der Waals surface area contributed by atoms with Crippen LogP contribution in [0.1, 0.15) is 13.8 Å². The zero-order chi connectivity index (χ0) is 12.8. The van der Waals surface area contributed by atoms with Gasteiger partial charge in [-0.25, -0.2) is 13.6 Å². The highest BCUT2D eigenvalue weighted by atomic mass is 19.2. The van der Waals surface area contributed by atoms with Gasteiger partial charge in [0.2, 0.25) is 0 Å². The first-order valence-electron chi connectivity index (χ1n) is 4.95. The number of amides is 3. The van der Waals surface area contributed by atoms with Gasteiger partial charge in [-0.15, -0.1) is 0 Å². The molecule has 0 saturated carbocycles. The summed E-state index contributed by atoms with van der Waals surface area (Å²) in [4.78, 5) is 24.2. The van der Waals surface area contributed by atoms with Crippen LogP contribution >= 0.6 is 0 Å². The summed E-state index contributed by atoms with van der Waals surface area (Å²) in [5.41, 5.74) is -0.987. The Morgan fingerprint density at radius 2 is 1.82 bits per heavy atom. The maximum absolute atomic E-state index is 13.1. The van der Waals surface area contributed by atoms with Crippen LogP contribution in [0.4, 0.5) is 19.3 Å². The fourth-order valence-corrected chi connectivity index (χ4v) is 1.73. The van der Waals surface area contributed by atoms with Gasteiger partial charge in [0, 0.05) is 11.8 Å². The minimum absolute atomic E-state index is 0.136. The Morgan fingerprint density at radius 3 is 2.29 bits per heavy atom. The third kappa shape index (κ3) is 1.65. The van der Waals surface area contributed by atoms with Crippen LogP contribution in [-0.4, -0.2) is 17.5 Å². The van der Waals surface area contributed by atoms with E-state index in [1.54, 1.807) is 0 Å². The predicted molar refractivity (Wildman–Crippen MR) is 56.5 cm³/mol. The van der Waals surface area contributed by atoms with Crippen molar-refractivity contribution in [1.29, 1.82) is 0 Å². The highest BCUT2D eigenvalue weighted by molar-refractivity contribution is 6.16. The molecular formula is C11H10F2N2O2. The van der Waals surface area contributed by atoms with Gasteiger partial charge in [0.05, 0.1) is 0 Å². The van der Waals surface area contributed by atoms with E-state index in [-0.39, 0.29) is 5.69 Å². The molecule has 1 aromatic rings. The fourth-order valence-electron chi connectivity index (χ4n) is 1.73. The first-order chi connectivity index (χ1) is 7.84. The minimum atomic E-state index is -1.12. The van der Waals surface area contributed by atoms with Crippen molar-refractivity contribution in [2.75, 3.05) is 4.90 Å². The van der Waals surface area contributed by atoms with E-state index in [1.807, 2.05) is 0 Å². The zero-order valence-electron chi connectivity index (χ0n) is 9.25. The van der Waals surface area contributed by atoms with Gasteiger partial charge in [-0.2, -0.15) is 0 Å². The quantitative estimate of drug-likeness (QED) is 0.761. The molecule has 0 spiro atoms. The Hall–Kier alpha value is -1.98. The van der Waals surface area contributed by atoms with Crippen LogP contribution in [0.2, 0.25) is 0 Å². The topological polar surface area (TPSA) is 49.4 Å². The predicted octanol–water partition coefficient (Wildman–Crippen LogP) is 1.80. The summed E-state index contributed by atoms with van der Waals surface area (Å²) in [6.07, 6.45) is 0. The molecular weight excluding hydrogens is 230 g/mol. The first-order valence-corrected chi connectivity index (χ1v) is 4.95. The molecule has 3 amide bonds. The SMILES string of the molecule is CC1(C)C(=O)NC(=O)N1c1ccc(F)c(F)c1. The molecule has 1 N–H and O–H groups in total. The Balaban J connectivity index is 2.49. The maximum Gasteiger partial charge on any atom is 0.329 e. The number of anilines is 1. The van der Waals surface area contributed by atoms with Gasteiger partial charge in [-0.3, -0.25) is 15.0 Å². The Labute approximate surface area is 96.2 Å². The molecule has 1 aliphatic rings. The van der Waals surface area contributed by atoms with Crippen LogP contribution < -0.4 is 10.2 Å². The Kier molecular flexibility index (Phi) is 2.38. The highest BCUT2D eigenvalue weighted by Crippen LogP contribution is 2.29. The third-order valence-electron chi connectivity index (χ3n) is 2.70. The van der Waals surface area contributed by atoms with Gasteiger partial charge in [0.25, 0.3) is 5.91 Å². The van der Waals surface area contributed by atoms with Crippen LogP contribution in [-0.2, 0) is 4.79 Å². The second-order valence-electron chi connectivity index (χ2n) is 4.25. The molecule has 90 valence electrons. The molecule has 0 unspecified atom stereocenters. The zero-order valence-corrected chi connectivity index (χ0v) is 9.25. The number of hydrogen-bond acceptors (Lipinski definition) is 2. The number of halogens is 2. The van der Waals surface area contributed by atoms with E-state index in [9.17, 15) is 18.4 Å². The molecule has 1 aliphatic heterocycles. The van der Waals surface area contributed by atoms with Crippen molar-refractivity contribution in [3.05, 3.63) is 29.8 Å². The van der Waals surface area contributed by atoms with Crippen molar-refractivity contribution >= 4 is 17.6 Å². The molecule has 17 heavy (non-hydrogen) atoms. The number of carbonyl (C=O) groups is 2. The van der Waals surface area contributed by atoms with Crippen molar-refractivity contribution in [1.82, 2.24) is 5.32 Å². The summed E-state index contributed by atoms with van der Waals surface area (Å²) in [7, 11) is 0. The molecule has 1 aromatic carbocycles. The summed E-state index contributed by atoms with van der Waals surface area (Å²) >= 11 is 0. The van der Waals surface area contributed by atoms with Crippen molar-refractivity contribution in [2.45, 2.75) is 19.4 Å². The van der Waals surface area contributed by atoms with E-state index >= 15 is 0 Å². The maximum atomic E-state index is 13.1. The average molecular weight is 240 g/mol. The molecule has 1 heterocycles. The smallest absolute Gasteiger partial charge is 0.279 e. The molecule has 1 fully saturated rings. The monoisotopic (exact) mass is 240 g/mol. The van der Waals surface area contributed by atoms with E-state index in [0.29, 0.717) is 0 Å². The average Bonchev–Trinajstić information content (AvgIpc) is 2.42. The molecule has 0 aliphatic carbocycles. The Morgan fingerprint density at radius 1 is 1.18 bits per heavy atom. The number of nitrogens with zero attached hydrogens (tertiary/aromatic N) is 1. The minimum Gasteiger partial charge on any atom is -0.279 e. The van der Waals surface area contributed by atoms with Crippen LogP contribution in [0, 0.1) is 11.6 Å². The lowest BCUT2D eigenvalue weighted by atomic mass is 10.0. The van der Waals surface area contributed by atoms with Crippen LogP contribution in [0.25, 0.3) is 0 Å². The summed E-state index contributed by atoms with van der Waals surface area (Å²) in [5.74, 6) is -2.55. The Bertz CT molecular complexity index is 514. The molecule has 6 heteroatoms. The van der Waals surface area contributed by atoms with Gasteiger partial charge < -0.3 is 0 Å². The van der Waals surface area contributed by atoms with Crippen molar-refractivity contribution in [3.8, 4) is 0 Å². The van der Waals surface area contributed by atoms with E-state index in [1.165, 1.54) is 19.9 Å². The van der Waals surface area contributed by atoms with E-state index < -0.39 is 29.1 Å². The molecule has 0 radical (unpaired) electrons. The third-order valence-corrected chi connectivity index (χ3v) is 2.70. The first kappa shape index (κ1) is 11.5. The van der Waals surface area contributed by atoms with E-state index in [0.717, 1.165) is 17.0 Å². The van der Waals surface area contributed by atoms with Crippen molar-refractivity contribution in [3.63, 3.8) is 0 Å². The lowest BCUT2D eigenvalue weighted by Crippen LogP contribution is -2.44. The molecule has 1 saturated heterocycles. The molecule has 0 atom stereocenters. The van der Waals surface area contributed by atoms with Crippen LogP contribution in [0.3, 0.4) is 0 Å². The van der Waals surface area contributed by atoms with Crippen LogP contribution in [0.15, 0.2) is 18.2 Å². The number of rotatable bonds is 1. The van der Waals surface area contributed by atoms with E-state index in [2.05, 4.69) is 5.32 Å². The van der Waals surface area contributed by atoms with Crippen LogP contribution in [0.5, 0.6) is 0 Å². The largest absolute Gasteiger partial charge is 0.329 e. The van der Waals surface area contributed by atoms with Gasteiger partial charge >= 0.3 is 6.03 Å². The molecule has 0 aromatic heterocycles. The van der Waals surface area contributed by atoms with Crippen molar-refractivity contribution < 1.29 is 18.4 Å². The second kappa shape index (κ2) is 3.51. The lowest BCUT2D eigenvalue weighted by Gasteiger charge is -2.27. The second-order valence-corrected chi connectivity index (χ2v) is 4.25. The highest BCUT2D eigenvalue weighted by Gasteiger charge is 2.46. The summed E-state index contributed by atoms with van der Waals surface area (Å²) in [6, 6.07) is 2.40.